The summed E-state index contributed by atoms with van der Waals surface area (Å²) in [5.74, 6) is -0.562. The summed E-state index contributed by atoms with van der Waals surface area (Å²) in [5, 5.41) is 0.262. The molecule has 9 nitrogen and oxygen atoms in total. The molecule has 0 unspecified atom stereocenters. The first-order valence-corrected chi connectivity index (χ1v) is 12.8. The third-order valence-corrected chi connectivity index (χ3v) is 8.32. The largest absolute Gasteiger partial charge is 0.477 e. The van der Waals surface area contributed by atoms with Crippen LogP contribution in [-0.4, -0.2) is 69.4 Å². The van der Waals surface area contributed by atoms with E-state index in [-0.39, 0.29) is 34.9 Å². The van der Waals surface area contributed by atoms with E-state index in [1.807, 2.05) is 13.8 Å². The van der Waals surface area contributed by atoms with Crippen LogP contribution in [-0.2, 0) is 21.5 Å². The third-order valence-electron chi connectivity index (χ3n) is 7.02. The zero-order valence-corrected chi connectivity index (χ0v) is 21.0. The van der Waals surface area contributed by atoms with Gasteiger partial charge in [-0.3, -0.25) is 14.6 Å². The number of nitrogens with two attached hydrogens (primary N) is 1. The summed E-state index contributed by atoms with van der Waals surface area (Å²) in [6.45, 7) is 6.17. The highest BCUT2D eigenvalue weighted by atomic mass is 32.2. The number of ether oxygens (including phenoxy) is 2. The molecule has 36 heavy (non-hydrogen) atoms. The number of hydrogen-bond acceptors (Lipinski definition) is 9. The van der Waals surface area contributed by atoms with Gasteiger partial charge in [0.1, 0.15) is 16.3 Å². The van der Waals surface area contributed by atoms with Crippen molar-refractivity contribution >= 4 is 28.6 Å². The molecule has 190 valence electrons. The first kappa shape index (κ1) is 24.6. The Hall–Kier alpha value is -3.05. The Balaban J connectivity index is 1.39. The molecule has 0 radical (unpaired) electrons. The number of rotatable bonds is 7. The Bertz CT molecular complexity index is 1220. The lowest BCUT2D eigenvalue weighted by molar-refractivity contribution is -0.135. The fraction of sp³-hybridized carbons (Fsp3) is 0.480. The molecule has 2 aliphatic heterocycles. The molecule has 5 rings (SSSR count). The van der Waals surface area contributed by atoms with E-state index in [0.29, 0.717) is 56.3 Å². The van der Waals surface area contributed by atoms with Crippen molar-refractivity contribution in [3.8, 4) is 5.88 Å². The second kappa shape index (κ2) is 9.44. The Morgan fingerprint density at radius 3 is 2.75 bits per heavy atom. The summed E-state index contributed by atoms with van der Waals surface area (Å²) in [5.41, 5.74) is 6.33. The molecule has 1 aromatic carbocycles. The molecule has 3 aliphatic rings. The van der Waals surface area contributed by atoms with Gasteiger partial charge in [-0.05, 0) is 38.0 Å². The number of Topliss-reactive ketones (excluding diaryl/α,β-unsaturated/α-hetero) is 1. The molecule has 0 bridgehead atoms. The van der Waals surface area contributed by atoms with Crippen molar-refractivity contribution in [1.82, 2.24) is 14.9 Å². The molecule has 1 aromatic heterocycles. The molecule has 0 spiro atoms. The van der Waals surface area contributed by atoms with E-state index in [1.165, 1.54) is 30.2 Å². The Morgan fingerprint density at radius 2 is 2.06 bits per heavy atom. The minimum absolute atomic E-state index is 0.00527. The zero-order chi connectivity index (χ0) is 25.5. The van der Waals surface area contributed by atoms with Crippen molar-refractivity contribution < 1.29 is 23.5 Å². The predicted octanol–water partition coefficient (Wildman–Crippen LogP) is 2.33. The van der Waals surface area contributed by atoms with E-state index in [4.69, 9.17) is 15.2 Å². The van der Waals surface area contributed by atoms with Gasteiger partial charge in [-0.25, -0.2) is 14.4 Å². The van der Waals surface area contributed by atoms with Gasteiger partial charge >= 0.3 is 0 Å². The number of amidine groups is 1. The fourth-order valence-electron chi connectivity index (χ4n) is 5.12. The van der Waals surface area contributed by atoms with E-state index in [2.05, 4.69) is 15.0 Å². The van der Waals surface area contributed by atoms with Gasteiger partial charge in [-0.1, -0.05) is 17.8 Å². The number of nitrogens with zero attached hydrogens (tertiary/aromatic N) is 4. The summed E-state index contributed by atoms with van der Waals surface area (Å²) < 4.78 is 25.1. The van der Waals surface area contributed by atoms with E-state index >= 15 is 4.39 Å². The highest BCUT2D eigenvalue weighted by Gasteiger charge is 2.71. The van der Waals surface area contributed by atoms with E-state index in [1.54, 1.807) is 17.0 Å². The van der Waals surface area contributed by atoms with Crippen LogP contribution >= 0.6 is 11.8 Å². The second-order valence-electron chi connectivity index (χ2n) is 9.34. The van der Waals surface area contributed by atoms with Gasteiger partial charge < -0.3 is 20.1 Å². The smallest absolute Gasteiger partial charge is 0.239 e. The summed E-state index contributed by atoms with van der Waals surface area (Å²) in [6, 6.07) is 4.57. The number of carbonyl (C=O) groups excluding carboxylic acids is 2. The van der Waals surface area contributed by atoms with Gasteiger partial charge in [0, 0.05) is 31.0 Å². The number of aromatic nitrogens is 2. The number of aliphatic imine (C=N–C) groups is 1. The minimum Gasteiger partial charge on any atom is -0.477 e. The second-order valence-corrected chi connectivity index (χ2v) is 10.7. The summed E-state index contributed by atoms with van der Waals surface area (Å²) in [7, 11) is 0. The maximum atomic E-state index is 15.2. The van der Waals surface area contributed by atoms with Gasteiger partial charge in [0.05, 0.1) is 37.8 Å². The highest BCUT2D eigenvalue weighted by Crippen LogP contribution is 2.66. The maximum absolute atomic E-state index is 15.2. The van der Waals surface area contributed by atoms with Crippen molar-refractivity contribution in [2.24, 2.45) is 16.6 Å². The first-order valence-electron chi connectivity index (χ1n) is 11.9. The molecule has 1 amide bonds. The van der Waals surface area contributed by atoms with E-state index in [9.17, 15) is 9.59 Å². The van der Waals surface area contributed by atoms with Gasteiger partial charge in [-0.2, -0.15) is 0 Å². The lowest BCUT2D eigenvalue weighted by Gasteiger charge is -2.37. The lowest BCUT2D eigenvalue weighted by atomic mass is 9.84. The molecule has 3 atom stereocenters. The van der Waals surface area contributed by atoms with Crippen LogP contribution in [0.3, 0.4) is 0 Å². The Labute approximate surface area is 212 Å². The van der Waals surface area contributed by atoms with Crippen LogP contribution in [0, 0.1) is 11.7 Å². The third kappa shape index (κ3) is 4.34. The fourth-order valence-corrected chi connectivity index (χ4v) is 6.56. The van der Waals surface area contributed by atoms with Gasteiger partial charge in [0.15, 0.2) is 11.0 Å². The number of carbonyl (C=O) groups is 2. The molecule has 2 aromatic rings. The number of morpholine rings is 1. The number of benzene rings is 1. The maximum Gasteiger partial charge on any atom is 0.239 e. The van der Waals surface area contributed by atoms with Crippen LogP contribution in [0.25, 0.3) is 0 Å². The minimum atomic E-state index is -1.03. The molecule has 11 heteroatoms. The van der Waals surface area contributed by atoms with Crippen molar-refractivity contribution in [2.75, 3.05) is 32.9 Å². The molecule has 1 aliphatic carbocycles. The van der Waals surface area contributed by atoms with Crippen molar-refractivity contribution in [1.29, 1.82) is 0 Å². The van der Waals surface area contributed by atoms with Crippen LogP contribution in [0.2, 0.25) is 0 Å². The lowest BCUT2D eigenvalue weighted by Crippen LogP contribution is -2.49. The number of amides is 1. The number of fused-ring (bicyclic) bond motifs is 1. The highest BCUT2D eigenvalue weighted by molar-refractivity contribution is 8.15. The molecule has 1 saturated carbocycles. The topological polar surface area (TPSA) is 120 Å². The number of halogens is 1. The van der Waals surface area contributed by atoms with Crippen LogP contribution in [0.1, 0.15) is 41.9 Å². The number of hydrogen-bond donors (Lipinski definition) is 1. The van der Waals surface area contributed by atoms with Crippen LogP contribution in [0.5, 0.6) is 5.88 Å². The molecular formula is C25H28FN5O4S. The SMILES string of the molecule is CCOc1cnc(C(=O)Cc2ccc(F)c([C@@]3(C)N=C(N)S[C@@]4(C(=O)N5CCOCC5)C[C@H]43)c2)cn1. The average Bonchev–Trinajstić information content (AvgIpc) is 3.62. The normalized spacial score (nSPS) is 27.1. The monoisotopic (exact) mass is 513 g/mol. The first-order chi connectivity index (χ1) is 17.3. The van der Waals surface area contributed by atoms with Gasteiger partial charge in [-0.15, -0.1) is 0 Å². The van der Waals surface area contributed by atoms with Crippen LogP contribution < -0.4 is 10.5 Å². The zero-order valence-electron chi connectivity index (χ0n) is 20.2. The molecular weight excluding hydrogens is 485 g/mol. The molecule has 1 saturated heterocycles. The van der Waals surface area contributed by atoms with Gasteiger partial charge in [0.25, 0.3) is 0 Å². The number of thioether (sulfide) groups is 1. The van der Waals surface area contributed by atoms with Gasteiger partial charge in [0.2, 0.25) is 11.8 Å². The molecule has 2 fully saturated rings. The standard InChI is InChI=1S/C25H28FN5O4S/c1-3-35-21-14-28-18(13-29-21)19(32)11-15-4-5-17(26)16(10-15)24(2)20-12-25(20,36-23(27)30-24)22(33)31-6-8-34-9-7-31/h4-5,10,13-14,20H,3,6-9,11-12H2,1-2H3,(H2,27,30)/t20-,24+,25-/m0/s1. The predicted molar refractivity (Wildman–Crippen MR) is 132 cm³/mol. The van der Waals surface area contributed by atoms with E-state index in [0.717, 1.165) is 0 Å². The van der Waals surface area contributed by atoms with Crippen molar-refractivity contribution in [3.05, 3.63) is 53.2 Å². The molecule has 2 N–H and O–H groups in total. The summed E-state index contributed by atoms with van der Waals surface area (Å²) in [4.78, 5) is 41.0. The number of ketones is 1. The quantitative estimate of drug-likeness (QED) is 0.560. The summed E-state index contributed by atoms with van der Waals surface area (Å²) >= 11 is 1.28. The van der Waals surface area contributed by atoms with Crippen LogP contribution in [0.4, 0.5) is 4.39 Å². The van der Waals surface area contributed by atoms with E-state index < -0.39 is 16.1 Å². The Kier molecular flexibility index (Phi) is 6.46. The molecule has 3 heterocycles. The van der Waals surface area contributed by atoms with Crippen molar-refractivity contribution in [2.45, 2.75) is 37.0 Å². The Morgan fingerprint density at radius 1 is 1.28 bits per heavy atom. The van der Waals surface area contributed by atoms with Crippen LogP contribution in [0.15, 0.2) is 35.6 Å². The average molecular weight is 514 g/mol. The summed E-state index contributed by atoms with van der Waals surface area (Å²) in [6.07, 6.45) is 3.35. The van der Waals surface area contributed by atoms with Crippen molar-refractivity contribution in [3.63, 3.8) is 0 Å².